The molecular formula is C16H17NO3S2. The van der Waals surface area contributed by atoms with E-state index in [1.165, 1.54) is 24.5 Å². The number of carbonyl (C=O) groups excluding carboxylic acids is 2. The summed E-state index contributed by atoms with van der Waals surface area (Å²) in [5, 5.41) is 5.27. The zero-order valence-corrected chi connectivity index (χ0v) is 14.3. The number of amides is 1. The first-order valence-electron chi connectivity index (χ1n) is 6.80. The van der Waals surface area contributed by atoms with E-state index in [9.17, 15) is 9.59 Å². The van der Waals surface area contributed by atoms with Gasteiger partial charge in [-0.25, -0.2) is 4.79 Å². The average molecular weight is 335 g/mol. The number of thiophene rings is 2. The first kappa shape index (κ1) is 16.5. The van der Waals surface area contributed by atoms with Crippen LogP contribution in [0.25, 0.3) is 6.08 Å². The highest BCUT2D eigenvalue weighted by Crippen LogP contribution is 2.34. The fourth-order valence-electron chi connectivity index (χ4n) is 2.11. The predicted octanol–water partition coefficient (Wildman–Crippen LogP) is 4.12. The molecule has 1 amide bonds. The van der Waals surface area contributed by atoms with Gasteiger partial charge < -0.3 is 10.1 Å². The molecule has 0 spiro atoms. The van der Waals surface area contributed by atoms with Crippen LogP contribution in [0.1, 0.15) is 32.6 Å². The molecule has 0 radical (unpaired) electrons. The van der Waals surface area contributed by atoms with Crippen molar-refractivity contribution in [3.8, 4) is 0 Å². The minimum absolute atomic E-state index is 0.262. The van der Waals surface area contributed by atoms with Gasteiger partial charge in [-0.2, -0.15) is 0 Å². The molecule has 2 aromatic heterocycles. The van der Waals surface area contributed by atoms with E-state index in [-0.39, 0.29) is 5.91 Å². The normalized spacial score (nSPS) is 10.9. The molecule has 0 aliphatic rings. The van der Waals surface area contributed by atoms with Crippen molar-refractivity contribution in [3.05, 3.63) is 44.5 Å². The highest BCUT2D eigenvalue weighted by atomic mass is 32.1. The Bertz CT molecular complexity index is 699. The molecule has 0 aliphatic carbocycles. The molecule has 0 aliphatic heterocycles. The van der Waals surface area contributed by atoms with Crippen molar-refractivity contribution in [2.24, 2.45) is 0 Å². The van der Waals surface area contributed by atoms with Crippen molar-refractivity contribution in [2.45, 2.75) is 20.3 Å². The fraction of sp³-hybridized carbons (Fsp3) is 0.250. The second-order valence-corrected chi connectivity index (χ2v) is 6.73. The molecule has 1 N–H and O–H groups in total. The summed E-state index contributed by atoms with van der Waals surface area (Å²) in [6.07, 6.45) is 3.93. The summed E-state index contributed by atoms with van der Waals surface area (Å²) in [4.78, 5) is 26.0. The monoisotopic (exact) mass is 335 g/mol. The van der Waals surface area contributed by atoms with Crippen LogP contribution < -0.4 is 5.32 Å². The standard InChI is InChI=1S/C16H17NO3S2/c1-4-12-10(2)22-15(14(12)16(19)20-3)17-13(18)8-7-11-6-5-9-21-11/h5-9H,4H2,1-3H3,(H,17,18)/b8-7+. The molecule has 6 heteroatoms. The molecule has 4 nitrogen and oxygen atoms in total. The third-order valence-corrected chi connectivity index (χ3v) is 5.03. The maximum atomic E-state index is 12.0. The number of nitrogens with one attached hydrogen (secondary N) is 1. The Hall–Kier alpha value is -1.92. The topological polar surface area (TPSA) is 55.4 Å². The van der Waals surface area contributed by atoms with Gasteiger partial charge in [0, 0.05) is 15.8 Å². The lowest BCUT2D eigenvalue weighted by atomic mass is 10.1. The number of aryl methyl sites for hydroxylation is 1. The molecule has 0 bridgehead atoms. The van der Waals surface area contributed by atoms with Crippen molar-refractivity contribution >= 4 is 45.6 Å². The second kappa shape index (κ2) is 7.38. The summed E-state index contributed by atoms with van der Waals surface area (Å²) >= 11 is 2.95. The number of ether oxygens (including phenoxy) is 1. The molecular weight excluding hydrogens is 318 g/mol. The van der Waals surface area contributed by atoms with Crippen LogP contribution in [0.3, 0.4) is 0 Å². The molecule has 0 fully saturated rings. The summed E-state index contributed by atoms with van der Waals surface area (Å²) in [7, 11) is 1.34. The van der Waals surface area contributed by atoms with Gasteiger partial charge in [0.25, 0.3) is 0 Å². The summed E-state index contributed by atoms with van der Waals surface area (Å²) < 4.78 is 4.83. The molecule has 2 aromatic rings. The molecule has 0 saturated carbocycles. The van der Waals surface area contributed by atoms with Crippen molar-refractivity contribution in [2.75, 3.05) is 12.4 Å². The molecule has 2 rings (SSSR count). The summed E-state index contributed by atoms with van der Waals surface area (Å²) in [5.74, 6) is -0.679. The third-order valence-electron chi connectivity index (χ3n) is 3.13. The summed E-state index contributed by atoms with van der Waals surface area (Å²) in [6, 6.07) is 3.85. The third kappa shape index (κ3) is 3.64. The molecule has 2 heterocycles. The summed E-state index contributed by atoms with van der Waals surface area (Å²) in [5.41, 5.74) is 1.39. The zero-order valence-electron chi connectivity index (χ0n) is 12.6. The summed E-state index contributed by atoms with van der Waals surface area (Å²) in [6.45, 7) is 3.91. The van der Waals surface area contributed by atoms with Crippen LogP contribution in [0.4, 0.5) is 5.00 Å². The molecule has 0 saturated heterocycles. The average Bonchev–Trinajstić information content (AvgIpc) is 3.11. The Labute approximate surface area is 137 Å². The van der Waals surface area contributed by atoms with E-state index >= 15 is 0 Å². The maximum absolute atomic E-state index is 12.0. The van der Waals surface area contributed by atoms with Gasteiger partial charge in [-0.05, 0) is 36.4 Å². The number of rotatable bonds is 5. The molecule has 0 atom stereocenters. The number of anilines is 1. The van der Waals surface area contributed by atoms with Crippen LogP contribution in [-0.4, -0.2) is 19.0 Å². The SMILES string of the molecule is CCc1c(C)sc(NC(=O)/C=C/c2cccs2)c1C(=O)OC. The van der Waals surface area contributed by atoms with Gasteiger partial charge in [-0.1, -0.05) is 13.0 Å². The van der Waals surface area contributed by atoms with E-state index in [2.05, 4.69) is 5.32 Å². The Kier molecular flexibility index (Phi) is 5.51. The maximum Gasteiger partial charge on any atom is 0.341 e. The van der Waals surface area contributed by atoms with Gasteiger partial charge in [0.2, 0.25) is 5.91 Å². The number of methoxy groups -OCH3 is 1. The van der Waals surface area contributed by atoms with Crippen LogP contribution in [0.2, 0.25) is 0 Å². The lowest BCUT2D eigenvalue weighted by Gasteiger charge is -2.05. The Morgan fingerprint density at radius 2 is 2.18 bits per heavy atom. The van der Waals surface area contributed by atoms with Crippen molar-refractivity contribution in [3.63, 3.8) is 0 Å². The Morgan fingerprint density at radius 3 is 2.77 bits per heavy atom. The number of esters is 1. The van der Waals surface area contributed by atoms with Gasteiger partial charge in [0.1, 0.15) is 5.00 Å². The molecule has 0 aromatic carbocycles. The Balaban J connectivity index is 2.22. The van der Waals surface area contributed by atoms with Crippen LogP contribution >= 0.6 is 22.7 Å². The van der Waals surface area contributed by atoms with Gasteiger partial charge in [0.05, 0.1) is 12.7 Å². The molecule has 116 valence electrons. The minimum atomic E-state index is -0.418. The quantitative estimate of drug-likeness (QED) is 0.660. The first-order chi connectivity index (χ1) is 10.6. The van der Waals surface area contributed by atoms with Crippen molar-refractivity contribution in [1.82, 2.24) is 0 Å². The Morgan fingerprint density at radius 1 is 1.41 bits per heavy atom. The van der Waals surface area contributed by atoms with E-state index in [1.807, 2.05) is 31.4 Å². The second-order valence-electron chi connectivity index (χ2n) is 4.52. The first-order valence-corrected chi connectivity index (χ1v) is 8.49. The van der Waals surface area contributed by atoms with Crippen LogP contribution in [0, 0.1) is 6.92 Å². The predicted molar refractivity (Wildman–Crippen MR) is 91.8 cm³/mol. The van der Waals surface area contributed by atoms with Crippen LogP contribution in [0.5, 0.6) is 0 Å². The number of hydrogen-bond donors (Lipinski definition) is 1. The van der Waals surface area contributed by atoms with E-state index in [0.29, 0.717) is 17.0 Å². The number of hydrogen-bond acceptors (Lipinski definition) is 5. The van der Waals surface area contributed by atoms with Gasteiger partial charge >= 0.3 is 5.97 Å². The van der Waals surface area contributed by atoms with Crippen molar-refractivity contribution < 1.29 is 14.3 Å². The highest BCUT2D eigenvalue weighted by Gasteiger charge is 2.22. The lowest BCUT2D eigenvalue weighted by Crippen LogP contribution is -2.12. The largest absolute Gasteiger partial charge is 0.465 e. The lowest BCUT2D eigenvalue weighted by molar-refractivity contribution is -0.111. The zero-order chi connectivity index (χ0) is 16.1. The van der Waals surface area contributed by atoms with Gasteiger partial charge in [-0.3, -0.25) is 4.79 Å². The molecule has 0 unspecified atom stereocenters. The van der Waals surface area contributed by atoms with E-state index in [4.69, 9.17) is 4.74 Å². The van der Waals surface area contributed by atoms with Crippen LogP contribution in [-0.2, 0) is 16.0 Å². The number of carbonyl (C=O) groups is 2. The minimum Gasteiger partial charge on any atom is -0.465 e. The van der Waals surface area contributed by atoms with Gasteiger partial charge in [-0.15, -0.1) is 22.7 Å². The fourth-order valence-corrected chi connectivity index (χ4v) is 3.86. The highest BCUT2D eigenvalue weighted by molar-refractivity contribution is 7.16. The van der Waals surface area contributed by atoms with Gasteiger partial charge in [0.15, 0.2) is 0 Å². The van der Waals surface area contributed by atoms with E-state index < -0.39 is 5.97 Å². The van der Waals surface area contributed by atoms with Crippen molar-refractivity contribution in [1.29, 1.82) is 0 Å². The smallest absolute Gasteiger partial charge is 0.341 e. The van der Waals surface area contributed by atoms with E-state index in [0.717, 1.165) is 15.3 Å². The molecule has 22 heavy (non-hydrogen) atoms. The van der Waals surface area contributed by atoms with E-state index in [1.54, 1.807) is 17.4 Å². The van der Waals surface area contributed by atoms with Crippen LogP contribution in [0.15, 0.2) is 23.6 Å².